The number of rotatable bonds is 15. The molecule has 1 fully saturated rings. The van der Waals surface area contributed by atoms with Gasteiger partial charge in [0, 0.05) is 44.4 Å². The predicted octanol–water partition coefficient (Wildman–Crippen LogP) is 3.24. The molecule has 2 aliphatic heterocycles. The highest BCUT2D eigenvalue weighted by Gasteiger charge is 2.47. The number of carboxylic acid groups (broad SMARTS) is 1. The summed E-state index contributed by atoms with van der Waals surface area (Å²) in [5.41, 5.74) is 0.792. The maximum atomic E-state index is 13.8. The standard InChI is InChI=1S/C30H44N4O7/c1-6-7-12-32(13-8-14-34(2,3)4)27(35)19-33-18-22(21-16-24(38-5)29-25(17-21)40-20-41-29)28(30(36)37)23(33)9-10-26-31-11-15-39-26/h11,15-17,22-23,28H,6-10,12-14,18-20H2,1-5H3/p+1/t22-,23+,28-/m1/s1. The number of quaternary nitrogens is 1. The molecule has 2 aromatic rings. The normalized spacial score (nSPS) is 20.4. The second kappa shape index (κ2) is 13.6. The van der Waals surface area contributed by atoms with Crippen LogP contribution in [0.5, 0.6) is 17.2 Å². The van der Waals surface area contributed by atoms with Crippen LogP contribution in [-0.4, -0.2) is 110 Å². The van der Waals surface area contributed by atoms with Gasteiger partial charge in [0.15, 0.2) is 17.4 Å². The molecule has 0 unspecified atom stereocenters. The Bertz CT molecular complexity index is 1160. The molecule has 0 radical (unpaired) electrons. The zero-order chi connectivity index (χ0) is 29.6. The van der Waals surface area contributed by atoms with Crippen molar-refractivity contribution in [2.45, 2.75) is 51.0 Å². The molecule has 0 spiro atoms. The van der Waals surface area contributed by atoms with Crippen molar-refractivity contribution in [3.05, 3.63) is 36.0 Å². The average molecular weight is 574 g/mol. The van der Waals surface area contributed by atoms with E-state index in [0.29, 0.717) is 55.6 Å². The Morgan fingerprint density at radius 1 is 1.20 bits per heavy atom. The molecule has 4 rings (SSSR count). The number of nitrogens with zero attached hydrogens (tertiary/aromatic N) is 4. The summed E-state index contributed by atoms with van der Waals surface area (Å²) in [6.07, 6.45) is 6.92. The summed E-state index contributed by atoms with van der Waals surface area (Å²) in [4.78, 5) is 34.8. The van der Waals surface area contributed by atoms with E-state index < -0.39 is 11.9 Å². The van der Waals surface area contributed by atoms with Gasteiger partial charge in [0.1, 0.15) is 6.26 Å². The number of aryl methyl sites for hydroxylation is 1. The summed E-state index contributed by atoms with van der Waals surface area (Å²) in [5, 5.41) is 10.5. The number of hydrogen-bond donors (Lipinski definition) is 1. The number of ether oxygens (including phenoxy) is 3. The van der Waals surface area contributed by atoms with Crippen LogP contribution in [-0.2, 0) is 16.0 Å². The molecule has 1 aromatic carbocycles. The van der Waals surface area contributed by atoms with Crippen LogP contribution in [0.15, 0.2) is 29.0 Å². The van der Waals surface area contributed by atoms with Crippen molar-refractivity contribution in [2.75, 3.05) is 67.8 Å². The van der Waals surface area contributed by atoms with Gasteiger partial charge in [-0.15, -0.1) is 0 Å². The van der Waals surface area contributed by atoms with E-state index >= 15 is 0 Å². The lowest BCUT2D eigenvalue weighted by Crippen LogP contribution is -2.45. The van der Waals surface area contributed by atoms with E-state index in [2.05, 4.69) is 33.1 Å². The van der Waals surface area contributed by atoms with Crippen molar-refractivity contribution >= 4 is 11.9 Å². The van der Waals surface area contributed by atoms with Gasteiger partial charge in [0.25, 0.3) is 0 Å². The number of unbranched alkanes of at least 4 members (excludes halogenated alkanes) is 1. The molecule has 1 N–H and O–H groups in total. The van der Waals surface area contributed by atoms with Gasteiger partial charge in [-0.25, -0.2) is 4.98 Å². The molecule has 2 aliphatic rings. The molecule has 1 aromatic heterocycles. The molecule has 0 bridgehead atoms. The molecule has 41 heavy (non-hydrogen) atoms. The SMILES string of the molecule is CCCCN(CCC[N+](C)(C)C)C(=O)CN1C[C@H](c2cc(OC)c3c(c2)OCO3)[C@@H](C(=O)O)[C@@H]1CCc1ncco1. The number of carbonyl (C=O) groups is 2. The monoisotopic (exact) mass is 573 g/mol. The Labute approximate surface area is 242 Å². The first-order valence-corrected chi connectivity index (χ1v) is 14.5. The number of benzene rings is 1. The van der Waals surface area contributed by atoms with Gasteiger partial charge in [-0.2, -0.15) is 0 Å². The van der Waals surface area contributed by atoms with E-state index in [1.165, 1.54) is 6.26 Å². The maximum Gasteiger partial charge on any atom is 0.308 e. The number of likely N-dealkylation sites (tertiary alicyclic amines) is 1. The number of fused-ring (bicyclic) bond motifs is 1. The number of amides is 1. The largest absolute Gasteiger partial charge is 0.493 e. The van der Waals surface area contributed by atoms with Gasteiger partial charge in [-0.05, 0) is 30.5 Å². The van der Waals surface area contributed by atoms with E-state index in [9.17, 15) is 14.7 Å². The minimum atomic E-state index is -0.898. The van der Waals surface area contributed by atoms with Crippen LogP contribution < -0.4 is 14.2 Å². The lowest BCUT2D eigenvalue weighted by molar-refractivity contribution is -0.870. The van der Waals surface area contributed by atoms with Crippen molar-refractivity contribution in [3.8, 4) is 17.2 Å². The molecule has 11 nitrogen and oxygen atoms in total. The highest BCUT2D eigenvalue weighted by Crippen LogP contribution is 2.47. The van der Waals surface area contributed by atoms with Crippen LogP contribution >= 0.6 is 0 Å². The average Bonchev–Trinajstić information content (AvgIpc) is 3.68. The molecule has 3 atom stereocenters. The summed E-state index contributed by atoms with van der Waals surface area (Å²) in [6, 6.07) is 3.30. The van der Waals surface area contributed by atoms with Gasteiger partial charge >= 0.3 is 5.97 Å². The molecule has 0 aliphatic carbocycles. The van der Waals surface area contributed by atoms with E-state index in [1.807, 2.05) is 21.9 Å². The fourth-order valence-corrected chi connectivity index (χ4v) is 5.92. The minimum Gasteiger partial charge on any atom is -0.493 e. The molecule has 0 saturated carbocycles. The number of aliphatic carboxylic acids is 1. The Hall–Kier alpha value is -3.31. The van der Waals surface area contributed by atoms with Crippen molar-refractivity contribution in [3.63, 3.8) is 0 Å². The van der Waals surface area contributed by atoms with Gasteiger partial charge in [0.2, 0.25) is 18.4 Å². The number of carbonyl (C=O) groups excluding carboxylic acids is 1. The van der Waals surface area contributed by atoms with Crippen LogP contribution in [0, 0.1) is 5.92 Å². The number of methoxy groups -OCH3 is 1. The summed E-state index contributed by atoms with van der Waals surface area (Å²) in [7, 11) is 8.01. The van der Waals surface area contributed by atoms with E-state index in [-0.39, 0.29) is 31.2 Å². The third-order valence-corrected chi connectivity index (χ3v) is 8.01. The Kier molecular flexibility index (Phi) is 10.1. The number of carboxylic acids is 1. The molecular formula is C30H45N4O7+. The summed E-state index contributed by atoms with van der Waals surface area (Å²) in [6.45, 7) is 5.14. The quantitative estimate of drug-likeness (QED) is 0.321. The molecule has 1 amide bonds. The zero-order valence-electron chi connectivity index (χ0n) is 25.0. The third kappa shape index (κ3) is 7.71. The van der Waals surface area contributed by atoms with Gasteiger partial charge < -0.3 is 33.1 Å². The van der Waals surface area contributed by atoms with Gasteiger partial charge in [-0.1, -0.05) is 13.3 Å². The number of oxazole rings is 1. The maximum absolute atomic E-state index is 13.8. The van der Waals surface area contributed by atoms with E-state index in [1.54, 1.807) is 13.3 Å². The fourth-order valence-electron chi connectivity index (χ4n) is 5.92. The summed E-state index contributed by atoms with van der Waals surface area (Å²) in [5.74, 6) is 0.141. The van der Waals surface area contributed by atoms with Crippen LogP contribution in [0.2, 0.25) is 0 Å². The lowest BCUT2D eigenvalue weighted by atomic mass is 9.83. The summed E-state index contributed by atoms with van der Waals surface area (Å²) < 4.78 is 23.0. The Morgan fingerprint density at radius 3 is 2.63 bits per heavy atom. The first-order valence-electron chi connectivity index (χ1n) is 14.5. The molecule has 11 heteroatoms. The number of aromatic nitrogens is 1. The lowest BCUT2D eigenvalue weighted by Gasteiger charge is -2.30. The molecule has 1 saturated heterocycles. The second-order valence-electron chi connectivity index (χ2n) is 12.0. The topological polar surface area (TPSA) is 115 Å². The van der Waals surface area contributed by atoms with E-state index in [0.717, 1.165) is 35.9 Å². The highest BCUT2D eigenvalue weighted by atomic mass is 16.7. The van der Waals surface area contributed by atoms with Crippen LogP contribution in [0.4, 0.5) is 0 Å². The van der Waals surface area contributed by atoms with Crippen LogP contribution in [0.3, 0.4) is 0 Å². The molecular weight excluding hydrogens is 528 g/mol. The minimum absolute atomic E-state index is 0.0361. The zero-order valence-corrected chi connectivity index (χ0v) is 25.0. The van der Waals surface area contributed by atoms with Crippen molar-refractivity contribution in [1.82, 2.24) is 14.8 Å². The molecule has 3 heterocycles. The smallest absolute Gasteiger partial charge is 0.308 e. The molecule has 226 valence electrons. The van der Waals surface area contributed by atoms with E-state index in [4.69, 9.17) is 18.6 Å². The second-order valence-corrected chi connectivity index (χ2v) is 12.0. The summed E-state index contributed by atoms with van der Waals surface area (Å²) >= 11 is 0. The van der Waals surface area contributed by atoms with Crippen molar-refractivity contribution in [1.29, 1.82) is 0 Å². The Morgan fingerprint density at radius 2 is 1.98 bits per heavy atom. The van der Waals surface area contributed by atoms with Crippen molar-refractivity contribution < 1.29 is 37.8 Å². The number of hydrogen-bond acceptors (Lipinski definition) is 8. The predicted molar refractivity (Wildman–Crippen MR) is 152 cm³/mol. The van der Waals surface area contributed by atoms with Crippen molar-refractivity contribution in [2.24, 2.45) is 5.92 Å². The van der Waals surface area contributed by atoms with Crippen LogP contribution in [0.25, 0.3) is 0 Å². The third-order valence-electron chi connectivity index (χ3n) is 8.01. The van der Waals surface area contributed by atoms with Gasteiger partial charge in [-0.3, -0.25) is 14.5 Å². The first-order chi connectivity index (χ1) is 19.6. The first kappa shape index (κ1) is 30.6. The van der Waals surface area contributed by atoms with Crippen LogP contribution in [0.1, 0.15) is 50.0 Å². The Balaban J connectivity index is 1.60. The highest BCUT2D eigenvalue weighted by molar-refractivity contribution is 5.79. The van der Waals surface area contributed by atoms with Gasteiger partial charge in [0.05, 0.1) is 53.5 Å². The fraction of sp³-hybridized carbons (Fsp3) is 0.633.